The highest BCUT2D eigenvalue weighted by Crippen LogP contribution is 2.14. The van der Waals surface area contributed by atoms with Gasteiger partial charge in [-0.1, -0.05) is 29.4 Å². The van der Waals surface area contributed by atoms with Crippen LogP contribution in [-0.2, 0) is 4.79 Å². The molecule has 0 saturated heterocycles. The zero-order valence-electron chi connectivity index (χ0n) is 13.5. The Balaban J connectivity index is 2.41. The summed E-state index contributed by atoms with van der Waals surface area (Å²) in [5, 5.41) is 8.57. The number of hydrogen-bond acceptors (Lipinski definition) is 2. The normalized spacial score (nSPS) is 11.5. The molecule has 0 saturated carbocycles. The highest BCUT2D eigenvalue weighted by atomic mass is 16.5. The molecule has 0 fully saturated rings. The van der Waals surface area contributed by atoms with Gasteiger partial charge in [0, 0.05) is 6.08 Å². The minimum atomic E-state index is -0.950. The van der Waals surface area contributed by atoms with Crippen LogP contribution in [0.3, 0.4) is 0 Å². The first-order valence-corrected chi connectivity index (χ1v) is 7.40. The second kappa shape index (κ2) is 9.61. The fourth-order valence-electron chi connectivity index (χ4n) is 1.81. The van der Waals surface area contributed by atoms with E-state index in [2.05, 4.69) is 32.9 Å². The Hall–Kier alpha value is -2.29. The number of rotatable bonds is 8. The average Bonchev–Trinajstić information content (AvgIpc) is 2.46. The second-order valence-electron chi connectivity index (χ2n) is 5.42. The molecule has 0 aliphatic rings. The number of carbonyl (C=O) groups is 1. The number of benzene rings is 1. The fourth-order valence-corrected chi connectivity index (χ4v) is 1.81. The molecule has 0 aliphatic carbocycles. The van der Waals surface area contributed by atoms with E-state index in [1.807, 2.05) is 24.3 Å². The third-order valence-corrected chi connectivity index (χ3v) is 3.07. The summed E-state index contributed by atoms with van der Waals surface area (Å²) in [6, 6.07) is 7.35. The molecule has 3 heteroatoms. The molecule has 0 radical (unpaired) electrons. The third kappa shape index (κ3) is 8.10. The van der Waals surface area contributed by atoms with Crippen molar-refractivity contribution in [2.24, 2.45) is 0 Å². The number of allylic oxidation sites excluding steroid dienone is 3. The molecule has 1 rings (SSSR count). The van der Waals surface area contributed by atoms with Crippen molar-refractivity contribution >= 4 is 12.0 Å². The van der Waals surface area contributed by atoms with Gasteiger partial charge in [0.2, 0.25) is 0 Å². The van der Waals surface area contributed by atoms with Crippen LogP contribution in [0.2, 0.25) is 0 Å². The lowest BCUT2D eigenvalue weighted by molar-refractivity contribution is -0.131. The van der Waals surface area contributed by atoms with Crippen molar-refractivity contribution in [2.75, 3.05) is 6.61 Å². The Morgan fingerprint density at radius 2 is 1.82 bits per heavy atom. The highest BCUT2D eigenvalue weighted by molar-refractivity contribution is 5.85. The van der Waals surface area contributed by atoms with Gasteiger partial charge >= 0.3 is 5.97 Å². The van der Waals surface area contributed by atoms with Gasteiger partial charge in [-0.15, -0.1) is 0 Å². The van der Waals surface area contributed by atoms with Gasteiger partial charge in [-0.2, -0.15) is 0 Å². The molecule has 0 unspecified atom stereocenters. The smallest absolute Gasteiger partial charge is 0.328 e. The fraction of sp³-hybridized carbons (Fsp3) is 0.316. The van der Waals surface area contributed by atoms with E-state index in [9.17, 15) is 4.79 Å². The number of carboxylic acids is 1. The number of ether oxygens (including phenoxy) is 1. The molecular formula is C19H24O3. The molecule has 118 valence electrons. The predicted molar refractivity (Wildman–Crippen MR) is 91.0 cm³/mol. The van der Waals surface area contributed by atoms with E-state index in [4.69, 9.17) is 9.84 Å². The maximum atomic E-state index is 10.4. The van der Waals surface area contributed by atoms with Gasteiger partial charge in [0.25, 0.3) is 0 Å². The lowest BCUT2D eigenvalue weighted by Gasteiger charge is -2.05. The molecule has 0 aromatic heterocycles. The van der Waals surface area contributed by atoms with Crippen molar-refractivity contribution in [1.29, 1.82) is 0 Å². The summed E-state index contributed by atoms with van der Waals surface area (Å²) in [4.78, 5) is 10.4. The minimum Gasteiger partial charge on any atom is -0.490 e. The molecule has 0 aliphatic heterocycles. The van der Waals surface area contributed by atoms with Gasteiger partial charge in [0.15, 0.2) is 0 Å². The lowest BCUT2D eigenvalue weighted by Crippen LogP contribution is -1.94. The first kappa shape index (κ1) is 17.8. The van der Waals surface area contributed by atoms with Crippen LogP contribution in [0.5, 0.6) is 5.75 Å². The van der Waals surface area contributed by atoms with Crippen molar-refractivity contribution in [1.82, 2.24) is 0 Å². The van der Waals surface area contributed by atoms with E-state index >= 15 is 0 Å². The summed E-state index contributed by atoms with van der Waals surface area (Å²) in [6.07, 6.45) is 9.12. The van der Waals surface area contributed by atoms with E-state index < -0.39 is 5.97 Å². The van der Waals surface area contributed by atoms with Gasteiger partial charge in [-0.25, -0.2) is 4.79 Å². The highest BCUT2D eigenvalue weighted by Gasteiger charge is 1.94. The van der Waals surface area contributed by atoms with Crippen LogP contribution in [0, 0.1) is 0 Å². The molecule has 1 N–H and O–H groups in total. The predicted octanol–water partition coefficient (Wildman–Crippen LogP) is 4.86. The molecule has 1 aromatic carbocycles. The Morgan fingerprint density at radius 1 is 1.14 bits per heavy atom. The van der Waals surface area contributed by atoms with E-state index in [-0.39, 0.29) is 0 Å². The topological polar surface area (TPSA) is 46.5 Å². The lowest BCUT2D eigenvalue weighted by atomic mass is 10.1. The van der Waals surface area contributed by atoms with Gasteiger partial charge in [0.05, 0.1) is 0 Å². The number of hydrogen-bond donors (Lipinski definition) is 1. The summed E-state index contributed by atoms with van der Waals surface area (Å²) in [7, 11) is 0. The zero-order valence-corrected chi connectivity index (χ0v) is 13.5. The van der Waals surface area contributed by atoms with Gasteiger partial charge < -0.3 is 9.84 Å². The molecule has 0 bridgehead atoms. The molecule has 22 heavy (non-hydrogen) atoms. The van der Waals surface area contributed by atoms with Gasteiger partial charge in [-0.05, 0) is 63.5 Å². The van der Waals surface area contributed by atoms with Crippen molar-refractivity contribution in [3.63, 3.8) is 0 Å². The maximum absolute atomic E-state index is 10.4. The molecule has 3 nitrogen and oxygen atoms in total. The van der Waals surface area contributed by atoms with Crippen molar-refractivity contribution in [3.8, 4) is 5.75 Å². The van der Waals surface area contributed by atoms with Crippen molar-refractivity contribution in [3.05, 3.63) is 59.2 Å². The minimum absolute atomic E-state index is 0.547. The van der Waals surface area contributed by atoms with Gasteiger partial charge in [-0.3, -0.25) is 0 Å². The van der Waals surface area contributed by atoms with Crippen LogP contribution >= 0.6 is 0 Å². The van der Waals surface area contributed by atoms with Crippen LogP contribution < -0.4 is 4.74 Å². The molecule has 0 atom stereocenters. The zero-order chi connectivity index (χ0) is 16.4. The maximum Gasteiger partial charge on any atom is 0.328 e. The Bertz CT molecular complexity index is 559. The summed E-state index contributed by atoms with van der Waals surface area (Å²) in [5.41, 5.74) is 3.50. The molecule has 0 spiro atoms. The molecule has 0 heterocycles. The Labute approximate surface area is 132 Å². The first-order chi connectivity index (χ1) is 10.5. The SMILES string of the molecule is CC(C)=CCC/C(C)=C\COc1ccc(/C=C/C(=O)O)cc1. The standard InChI is InChI=1S/C19H24O3/c1-15(2)5-4-6-16(3)13-14-22-18-10-7-17(8-11-18)9-12-19(20)21/h5,7-13H,4,6,14H2,1-3H3,(H,20,21)/b12-9+,16-13-. The summed E-state index contributed by atoms with van der Waals surface area (Å²) in [5.74, 6) is -0.171. The van der Waals surface area contributed by atoms with E-state index in [1.54, 1.807) is 6.08 Å². The van der Waals surface area contributed by atoms with E-state index in [0.717, 1.165) is 30.2 Å². The quantitative estimate of drug-likeness (QED) is 0.551. The van der Waals surface area contributed by atoms with Crippen molar-refractivity contribution < 1.29 is 14.6 Å². The van der Waals surface area contributed by atoms with Crippen molar-refractivity contribution in [2.45, 2.75) is 33.6 Å². The molecule has 0 amide bonds. The van der Waals surface area contributed by atoms with Crippen LogP contribution in [0.15, 0.2) is 53.6 Å². The van der Waals surface area contributed by atoms with E-state index in [0.29, 0.717) is 6.61 Å². The van der Waals surface area contributed by atoms with Crippen LogP contribution in [0.1, 0.15) is 39.2 Å². The Morgan fingerprint density at radius 3 is 2.41 bits per heavy atom. The van der Waals surface area contributed by atoms with Crippen LogP contribution in [0.25, 0.3) is 6.08 Å². The molecular weight excluding hydrogens is 276 g/mol. The first-order valence-electron chi connectivity index (χ1n) is 7.40. The number of carboxylic acid groups (broad SMARTS) is 1. The monoisotopic (exact) mass is 300 g/mol. The summed E-state index contributed by atoms with van der Waals surface area (Å²) < 4.78 is 5.65. The van der Waals surface area contributed by atoms with Crippen LogP contribution in [0.4, 0.5) is 0 Å². The third-order valence-electron chi connectivity index (χ3n) is 3.07. The Kier molecular flexibility index (Phi) is 7.76. The summed E-state index contributed by atoms with van der Waals surface area (Å²) >= 11 is 0. The van der Waals surface area contributed by atoms with E-state index in [1.165, 1.54) is 11.1 Å². The van der Waals surface area contributed by atoms with Crippen LogP contribution in [-0.4, -0.2) is 17.7 Å². The molecule has 1 aromatic rings. The summed E-state index contributed by atoms with van der Waals surface area (Å²) in [6.45, 7) is 6.88. The number of aliphatic carboxylic acids is 1. The van der Waals surface area contributed by atoms with Gasteiger partial charge in [0.1, 0.15) is 12.4 Å². The average molecular weight is 300 g/mol. The largest absolute Gasteiger partial charge is 0.490 e. The second-order valence-corrected chi connectivity index (χ2v) is 5.42.